The van der Waals surface area contributed by atoms with Gasteiger partial charge in [0.1, 0.15) is 11.3 Å². The van der Waals surface area contributed by atoms with E-state index in [2.05, 4.69) is 22.3 Å². The Morgan fingerprint density at radius 2 is 2.12 bits per heavy atom. The molecule has 1 aromatic rings. The number of nitrogens with one attached hydrogen (secondary N) is 1. The minimum Gasteiger partial charge on any atom is -0.467 e. The zero-order valence-corrected chi connectivity index (χ0v) is 15.1. The fraction of sp³-hybridized carbons (Fsp3) is 0.619. The number of rotatable bonds is 1. The lowest BCUT2D eigenvalue weighted by molar-refractivity contribution is -0.163. The molecule has 5 nitrogen and oxygen atoms in total. The minimum atomic E-state index is -0.813. The van der Waals surface area contributed by atoms with Gasteiger partial charge in [-0.25, -0.2) is 4.79 Å². The van der Waals surface area contributed by atoms with Crippen molar-refractivity contribution in [2.75, 3.05) is 25.5 Å². The van der Waals surface area contributed by atoms with Gasteiger partial charge in [-0.15, -0.1) is 0 Å². The standard InChI is InChI=1S/C21H24N2O3/c1-26-18(25)20-9-8-19-7-4-10-23-12-14(16(24)11-19)21(20,17(19)23)13-5-2-3-6-15(13)22-20/h2-3,5-6,14,17,22H,4,7-12H2,1H3/t14?,17-,19-,20-,21+/m1/s1. The molecule has 26 heavy (non-hydrogen) atoms. The summed E-state index contributed by atoms with van der Waals surface area (Å²) >= 11 is 0. The van der Waals surface area contributed by atoms with Crippen LogP contribution in [0.5, 0.6) is 0 Å². The largest absolute Gasteiger partial charge is 0.467 e. The number of benzene rings is 1. The highest BCUT2D eigenvalue weighted by atomic mass is 16.5. The highest BCUT2D eigenvalue weighted by molar-refractivity contribution is 5.98. The summed E-state index contributed by atoms with van der Waals surface area (Å²) in [5.74, 6) is 0.0424. The molecule has 2 aliphatic carbocycles. The molecule has 4 bridgehead atoms. The molecule has 1 aromatic carbocycles. The fourth-order valence-electron chi connectivity index (χ4n) is 7.77. The quantitative estimate of drug-likeness (QED) is 0.785. The zero-order valence-electron chi connectivity index (χ0n) is 15.1. The Balaban J connectivity index is 1.71. The van der Waals surface area contributed by atoms with Gasteiger partial charge in [0.05, 0.1) is 12.5 Å². The monoisotopic (exact) mass is 352 g/mol. The highest BCUT2D eigenvalue weighted by Gasteiger charge is 2.81. The summed E-state index contributed by atoms with van der Waals surface area (Å²) in [5, 5.41) is 3.60. The molecule has 2 saturated carbocycles. The molecule has 1 unspecified atom stereocenters. The number of carbonyl (C=O) groups is 2. The van der Waals surface area contributed by atoms with Crippen molar-refractivity contribution >= 4 is 17.4 Å². The number of esters is 1. The maximum atomic E-state index is 13.4. The Bertz CT molecular complexity index is 853. The van der Waals surface area contributed by atoms with Gasteiger partial charge in [-0.1, -0.05) is 18.2 Å². The predicted molar refractivity (Wildman–Crippen MR) is 95.9 cm³/mol. The summed E-state index contributed by atoms with van der Waals surface area (Å²) in [6.07, 6.45) is 4.63. The van der Waals surface area contributed by atoms with Crippen molar-refractivity contribution in [2.24, 2.45) is 11.3 Å². The summed E-state index contributed by atoms with van der Waals surface area (Å²) in [7, 11) is 1.48. The van der Waals surface area contributed by atoms with Crippen LogP contribution < -0.4 is 5.32 Å². The molecule has 0 aromatic heterocycles. The molecule has 5 aliphatic rings. The molecule has 136 valence electrons. The van der Waals surface area contributed by atoms with E-state index in [1.165, 1.54) is 12.7 Å². The molecule has 5 heteroatoms. The molecule has 3 aliphatic heterocycles. The van der Waals surface area contributed by atoms with E-state index >= 15 is 0 Å². The summed E-state index contributed by atoms with van der Waals surface area (Å²) in [6, 6.07) is 8.52. The van der Waals surface area contributed by atoms with Gasteiger partial charge in [0, 0.05) is 30.6 Å². The van der Waals surface area contributed by atoms with Crippen LogP contribution in [-0.2, 0) is 19.7 Å². The van der Waals surface area contributed by atoms with E-state index in [1.54, 1.807) is 0 Å². The third-order valence-corrected chi connectivity index (χ3v) is 8.34. The number of fused-ring (bicyclic) bond motifs is 1. The topological polar surface area (TPSA) is 58.6 Å². The Kier molecular flexibility index (Phi) is 2.63. The van der Waals surface area contributed by atoms with Crippen molar-refractivity contribution in [1.29, 1.82) is 0 Å². The van der Waals surface area contributed by atoms with Crippen LogP contribution in [0.3, 0.4) is 0 Å². The molecule has 0 radical (unpaired) electrons. The second-order valence-electron chi connectivity index (χ2n) is 9.00. The van der Waals surface area contributed by atoms with Gasteiger partial charge in [0.15, 0.2) is 0 Å². The van der Waals surface area contributed by atoms with Crippen LogP contribution >= 0.6 is 0 Å². The van der Waals surface area contributed by atoms with Crippen LogP contribution in [0.4, 0.5) is 5.69 Å². The summed E-state index contributed by atoms with van der Waals surface area (Å²) < 4.78 is 5.36. The van der Waals surface area contributed by atoms with Gasteiger partial charge < -0.3 is 10.1 Å². The number of Topliss-reactive ketones (excluding diaryl/α,β-unsaturated/α-hetero) is 1. The SMILES string of the molecule is COC(=O)[C@]12CC[C@]34CCCN5CC(C(=O)C3)[C@@]1(c1ccccc1N2)[C@H]54. The van der Waals surface area contributed by atoms with Crippen molar-refractivity contribution in [3.8, 4) is 0 Å². The Morgan fingerprint density at radius 1 is 1.27 bits per heavy atom. The van der Waals surface area contributed by atoms with E-state index < -0.39 is 11.0 Å². The van der Waals surface area contributed by atoms with E-state index in [4.69, 9.17) is 4.74 Å². The van der Waals surface area contributed by atoms with E-state index in [0.29, 0.717) is 12.2 Å². The first-order valence-electron chi connectivity index (χ1n) is 9.82. The Labute approximate surface area is 153 Å². The first-order valence-corrected chi connectivity index (χ1v) is 9.82. The Morgan fingerprint density at radius 3 is 2.96 bits per heavy atom. The summed E-state index contributed by atoms with van der Waals surface area (Å²) in [6.45, 7) is 1.83. The predicted octanol–water partition coefficient (Wildman–Crippen LogP) is 2.11. The first-order chi connectivity index (χ1) is 12.6. The summed E-state index contributed by atoms with van der Waals surface area (Å²) in [4.78, 5) is 29.2. The van der Waals surface area contributed by atoms with Crippen LogP contribution in [-0.4, -0.2) is 48.4 Å². The van der Waals surface area contributed by atoms with Crippen molar-refractivity contribution in [3.63, 3.8) is 0 Å². The molecular formula is C21H24N2O3. The van der Waals surface area contributed by atoms with Gasteiger partial charge >= 0.3 is 5.97 Å². The number of para-hydroxylation sites is 1. The minimum absolute atomic E-state index is 0.0268. The molecule has 1 N–H and O–H groups in total. The molecule has 4 fully saturated rings. The van der Waals surface area contributed by atoms with Crippen molar-refractivity contribution in [3.05, 3.63) is 29.8 Å². The van der Waals surface area contributed by atoms with Crippen molar-refractivity contribution in [1.82, 2.24) is 4.90 Å². The number of methoxy groups -OCH3 is 1. The normalized spacial score (nSPS) is 44.9. The van der Waals surface area contributed by atoms with Gasteiger partial charge in [-0.05, 0) is 49.3 Å². The Hall–Kier alpha value is -1.88. The van der Waals surface area contributed by atoms with Crippen molar-refractivity contribution < 1.29 is 14.3 Å². The average Bonchev–Trinajstić information content (AvgIpc) is 3.14. The van der Waals surface area contributed by atoms with E-state index in [9.17, 15) is 9.59 Å². The van der Waals surface area contributed by atoms with Crippen LogP contribution in [0.2, 0.25) is 0 Å². The van der Waals surface area contributed by atoms with E-state index in [1.807, 2.05) is 12.1 Å². The van der Waals surface area contributed by atoms with Crippen LogP contribution in [0.25, 0.3) is 0 Å². The number of ether oxygens (including phenoxy) is 1. The number of nitrogens with zero attached hydrogens (tertiary/aromatic N) is 1. The lowest BCUT2D eigenvalue weighted by atomic mass is 9.41. The zero-order chi connectivity index (χ0) is 17.7. The molecule has 0 amide bonds. The van der Waals surface area contributed by atoms with Gasteiger partial charge in [0.25, 0.3) is 0 Å². The van der Waals surface area contributed by atoms with Crippen LogP contribution in [0.15, 0.2) is 24.3 Å². The fourth-order valence-corrected chi connectivity index (χ4v) is 7.77. The maximum absolute atomic E-state index is 13.4. The third-order valence-electron chi connectivity index (χ3n) is 8.34. The smallest absolute Gasteiger partial charge is 0.332 e. The van der Waals surface area contributed by atoms with E-state index in [0.717, 1.165) is 44.5 Å². The number of ketones is 1. The lowest BCUT2D eigenvalue weighted by Gasteiger charge is -2.63. The number of hydrogen-bond donors (Lipinski definition) is 1. The second-order valence-corrected chi connectivity index (χ2v) is 9.00. The van der Waals surface area contributed by atoms with Gasteiger partial charge in [-0.3, -0.25) is 9.69 Å². The van der Waals surface area contributed by atoms with Crippen LogP contribution in [0.1, 0.15) is 37.7 Å². The van der Waals surface area contributed by atoms with Crippen LogP contribution in [0, 0.1) is 11.3 Å². The molecular weight excluding hydrogens is 328 g/mol. The molecule has 2 saturated heterocycles. The molecule has 1 spiro atoms. The first kappa shape index (κ1) is 15.2. The number of hydrogen-bond acceptors (Lipinski definition) is 5. The van der Waals surface area contributed by atoms with E-state index in [-0.39, 0.29) is 23.3 Å². The third kappa shape index (κ3) is 1.33. The molecule has 6 rings (SSSR count). The van der Waals surface area contributed by atoms with Crippen molar-refractivity contribution in [2.45, 2.75) is 49.1 Å². The number of carbonyl (C=O) groups excluding carboxylic acids is 2. The molecule has 3 heterocycles. The second kappa shape index (κ2) is 4.50. The number of anilines is 1. The number of piperidine rings is 1. The maximum Gasteiger partial charge on any atom is 0.332 e. The van der Waals surface area contributed by atoms with Gasteiger partial charge in [-0.2, -0.15) is 0 Å². The average molecular weight is 352 g/mol. The van der Waals surface area contributed by atoms with Gasteiger partial charge in [0.2, 0.25) is 0 Å². The lowest BCUT2D eigenvalue weighted by Crippen LogP contribution is -2.75. The molecule has 5 atom stereocenters. The highest BCUT2D eigenvalue weighted by Crippen LogP contribution is 2.72. The summed E-state index contributed by atoms with van der Waals surface area (Å²) in [5.41, 5.74) is 0.915.